The average Bonchev–Trinajstić information content (AvgIpc) is 3.23. The van der Waals surface area contributed by atoms with E-state index in [1.54, 1.807) is 23.7 Å². The van der Waals surface area contributed by atoms with Gasteiger partial charge in [-0.15, -0.1) is 5.10 Å². The van der Waals surface area contributed by atoms with Crippen LogP contribution in [0.4, 0.5) is 10.5 Å². The first-order valence-electron chi connectivity index (χ1n) is 11.4. The molecule has 0 saturated heterocycles. The number of aliphatic carboxylic acids is 1. The summed E-state index contributed by atoms with van der Waals surface area (Å²) in [6.07, 6.45) is 2.86. The largest absolute Gasteiger partial charge is 0.490 e. The van der Waals surface area contributed by atoms with Crippen molar-refractivity contribution >= 4 is 17.7 Å². The zero-order valence-corrected chi connectivity index (χ0v) is 19.3. The number of nitrogens with one attached hydrogen (secondary N) is 1. The van der Waals surface area contributed by atoms with Crippen molar-refractivity contribution in [3.8, 4) is 17.0 Å². The Morgan fingerprint density at radius 1 is 1.15 bits per heavy atom. The van der Waals surface area contributed by atoms with Crippen LogP contribution in [0.2, 0.25) is 0 Å². The van der Waals surface area contributed by atoms with Gasteiger partial charge in [0.1, 0.15) is 11.4 Å². The molecule has 9 heteroatoms. The van der Waals surface area contributed by atoms with Gasteiger partial charge >= 0.3 is 12.0 Å². The zero-order chi connectivity index (χ0) is 24.1. The van der Waals surface area contributed by atoms with Gasteiger partial charge in [0.2, 0.25) is 0 Å². The van der Waals surface area contributed by atoms with Crippen LogP contribution in [0, 0.1) is 5.92 Å². The second-order valence-electron chi connectivity index (χ2n) is 8.53. The maximum Gasteiger partial charge on any atom is 0.321 e. The van der Waals surface area contributed by atoms with Gasteiger partial charge in [0.15, 0.2) is 0 Å². The van der Waals surface area contributed by atoms with Crippen molar-refractivity contribution in [1.82, 2.24) is 20.3 Å². The Hall–Kier alpha value is -3.88. The summed E-state index contributed by atoms with van der Waals surface area (Å²) in [6.45, 7) is 0.270. The second-order valence-corrected chi connectivity index (χ2v) is 8.53. The molecule has 2 atom stereocenters. The molecule has 3 aromatic rings. The van der Waals surface area contributed by atoms with Gasteiger partial charge in [-0.05, 0) is 62.1 Å². The highest BCUT2D eigenvalue weighted by molar-refractivity contribution is 5.91. The molecule has 1 saturated carbocycles. The van der Waals surface area contributed by atoms with E-state index in [9.17, 15) is 14.7 Å². The molecule has 0 aliphatic heterocycles. The number of urea groups is 1. The van der Waals surface area contributed by atoms with E-state index in [1.165, 1.54) is 0 Å². The quantitative estimate of drug-likeness (QED) is 0.551. The van der Waals surface area contributed by atoms with E-state index in [4.69, 9.17) is 4.74 Å². The fraction of sp³-hybridized carbons (Fsp3) is 0.360. The number of carbonyl (C=O) groups excluding carboxylic acids is 1. The normalized spacial score (nSPS) is 17.7. The number of carboxylic acids is 1. The van der Waals surface area contributed by atoms with Crippen LogP contribution in [0.5, 0.6) is 5.75 Å². The minimum Gasteiger partial charge on any atom is -0.490 e. The van der Waals surface area contributed by atoms with Crippen LogP contribution >= 0.6 is 0 Å². The van der Waals surface area contributed by atoms with Crippen molar-refractivity contribution in [3.63, 3.8) is 0 Å². The fourth-order valence-electron chi connectivity index (χ4n) is 4.21. The highest BCUT2D eigenvalue weighted by Gasteiger charge is 2.28. The molecule has 1 aromatic heterocycles. The van der Waals surface area contributed by atoms with Crippen molar-refractivity contribution in [2.24, 2.45) is 13.0 Å². The lowest BCUT2D eigenvalue weighted by Gasteiger charge is -2.27. The Bertz CT molecular complexity index is 1130. The number of para-hydroxylation sites is 1. The standard InChI is InChI=1S/C25H29N5O4/c1-29(19-8-4-3-5-9-19)25(33)26-16-22-23(27-28-30(22)2)17-11-13-20(14-12-17)34-21-10-6-7-18(15-21)24(31)32/h3-5,8-9,11-14,18,21H,6-7,10,15-16H2,1-2H3,(H,26,33)(H,31,32)/t18-,21-/m0/s1. The molecule has 2 amide bonds. The van der Waals surface area contributed by atoms with Crippen molar-refractivity contribution in [2.45, 2.75) is 38.3 Å². The molecule has 0 unspecified atom stereocenters. The number of carbonyl (C=O) groups is 2. The minimum atomic E-state index is -0.749. The van der Waals surface area contributed by atoms with Crippen molar-refractivity contribution in [2.75, 3.05) is 11.9 Å². The van der Waals surface area contributed by atoms with E-state index in [-0.39, 0.29) is 24.6 Å². The maximum atomic E-state index is 12.6. The smallest absolute Gasteiger partial charge is 0.321 e. The number of rotatable bonds is 7. The number of aromatic nitrogens is 3. The number of aryl methyl sites for hydroxylation is 1. The summed E-state index contributed by atoms with van der Waals surface area (Å²) in [7, 11) is 3.51. The molecule has 1 heterocycles. The molecule has 2 aromatic carbocycles. The van der Waals surface area contributed by atoms with Gasteiger partial charge in [0.05, 0.1) is 24.3 Å². The van der Waals surface area contributed by atoms with Crippen LogP contribution in [0.3, 0.4) is 0 Å². The van der Waals surface area contributed by atoms with E-state index in [1.807, 2.05) is 54.6 Å². The Morgan fingerprint density at radius 2 is 1.88 bits per heavy atom. The lowest BCUT2D eigenvalue weighted by atomic mass is 9.87. The first-order valence-corrected chi connectivity index (χ1v) is 11.4. The molecule has 1 fully saturated rings. The Morgan fingerprint density at radius 3 is 2.59 bits per heavy atom. The number of benzene rings is 2. The fourth-order valence-corrected chi connectivity index (χ4v) is 4.21. The summed E-state index contributed by atoms with van der Waals surface area (Å²) >= 11 is 0. The van der Waals surface area contributed by atoms with Crippen LogP contribution in [0.15, 0.2) is 54.6 Å². The predicted octanol–water partition coefficient (Wildman–Crippen LogP) is 3.85. The van der Waals surface area contributed by atoms with Crippen LogP contribution in [-0.4, -0.2) is 45.3 Å². The van der Waals surface area contributed by atoms with Crippen molar-refractivity contribution in [3.05, 3.63) is 60.3 Å². The molecule has 178 valence electrons. The number of nitrogens with zero attached hydrogens (tertiary/aromatic N) is 4. The van der Waals surface area contributed by atoms with Gasteiger partial charge in [-0.2, -0.15) is 0 Å². The lowest BCUT2D eigenvalue weighted by molar-refractivity contribution is -0.143. The summed E-state index contributed by atoms with van der Waals surface area (Å²) in [4.78, 5) is 25.5. The number of hydrogen-bond acceptors (Lipinski definition) is 5. The van der Waals surface area contributed by atoms with Gasteiger partial charge < -0.3 is 15.2 Å². The average molecular weight is 464 g/mol. The zero-order valence-electron chi connectivity index (χ0n) is 19.3. The van der Waals surface area contributed by atoms with E-state index in [0.717, 1.165) is 29.8 Å². The van der Waals surface area contributed by atoms with Gasteiger partial charge in [0.25, 0.3) is 0 Å². The highest BCUT2D eigenvalue weighted by Crippen LogP contribution is 2.29. The van der Waals surface area contributed by atoms with Gasteiger partial charge in [-0.3, -0.25) is 9.69 Å². The summed E-state index contributed by atoms with van der Waals surface area (Å²) in [6, 6.07) is 16.7. The predicted molar refractivity (Wildman–Crippen MR) is 128 cm³/mol. The molecule has 2 N–H and O–H groups in total. The SMILES string of the molecule is CN(C(=O)NCc1c(-c2ccc(O[C@H]3CCC[C@H](C(=O)O)C3)cc2)nnn1C)c1ccccc1. The molecule has 34 heavy (non-hydrogen) atoms. The second kappa shape index (κ2) is 10.4. The Kier molecular flexibility index (Phi) is 7.10. The van der Waals surface area contributed by atoms with Gasteiger partial charge in [-0.1, -0.05) is 23.4 Å². The number of hydrogen-bond donors (Lipinski definition) is 2. The molecule has 1 aliphatic rings. The number of carboxylic acid groups (broad SMARTS) is 1. The van der Waals surface area contributed by atoms with Crippen LogP contribution in [0.1, 0.15) is 31.4 Å². The molecule has 0 bridgehead atoms. The molecule has 0 radical (unpaired) electrons. The van der Waals surface area contributed by atoms with Crippen LogP contribution < -0.4 is 15.0 Å². The van der Waals surface area contributed by atoms with Crippen molar-refractivity contribution < 1.29 is 19.4 Å². The topological polar surface area (TPSA) is 110 Å². The number of amides is 2. The summed E-state index contributed by atoms with van der Waals surface area (Å²) in [5, 5.41) is 20.6. The van der Waals surface area contributed by atoms with Gasteiger partial charge in [0, 0.05) is 25.3 Å². The molecular formula is C25H29N5O4. The van der Waals surface area contributed by atoms with Crippen LogP contribution in [-0.2, 0) is 18.4 Å². The third-order valence-corrected chi connectivity index (χ3v) is 6.20. The molecule has 1 aliphatic carbocycles. The summed E-state index contributed by atoms with van der Waals surface area (Å²) < 4.78 is 7.69. The monoisotopic (exact) mass is 463 g/mol. The van der Waals surface area contributed by atoms with E-state index in [0.29, 0.717) is 24.3 Å². The Labute approximate surface area is 198 Å². The summed E-state index contributed by atoms with van der Waals surface area (Å²) in [5.41, 5.74) is 3.11. The van der Waals surface area contributed by atoms with Gasteiger partial charge in [-0.25, -0.2) is 9.48 Å². The van der Waals surface area contributed by atoms with E-state index in [2.05, 4.69) is 15.6 Å². The summed E-state index contributed by atoms with van der Waals surface area (Å²) in [5.74, 6) is -0.389. The van der Waals surface area contributed by atoms with Crippen molar-refractivity contribution in [1.29, 1.82) is 0 Å². The third kappa shape index (κ3) is 5.36. The molecule has 0 spiro atoms. The maximum absolute atomic E-state index is 12.6. The molecule has 9 nitrogen and oxygen atoms in total. The first-order chi connectivity index (χ1) is 16.4. The highest BCUT2D eigenvalue weighted by atomic mass is 16.5. The van der Waals surface area contributed by atoms with Crippen LogP contribution in [0.25, 0.3) is 11.3 Å². The Balaban J connectivity index is 1.40. The number of ether oxygens (including phenoxy) is 1. The third-order valence-electron chi connectivity index (χ3n) is 6.20. The lowest BCUT2D eigenvalue weighted by Crippen LogP contribution is -2.37. The van der Waals surface area contributed by atoms with E-state index >= 15 is 0 Å². The first kappa shape index (κ1) is 23.3. The number of anilines is 1. The van der Waals surface area contributed by atoms with E-state index < -0.39 is 5.97 Å². The molecule has 4 rings (SSSR count). The molecular weight excluding hydrogens is 434 g/mol. The minimum absolute atomic E-state index is 0.0930.